The lowest BCUT2D eigenvalue weighted by Crippen LogP contribution is -2.43. The average molecular weight is 435 g/mol. The zero-order chi connectivity index (χ0) is 22.7. The predicted molar refractivity (Wildman–Crippen MR) is 119 cm³/mol. The Kier molecular flexibility index (Phi) is 6.17. The number of ether oxygens (including phenoxy) is 1. The topological polar surface area (TPSA) is 77.0 Å². The van der Waals surface area contributed by atoms with E-state index in [2.05, 4.69) is 29.1 Å². The minimum Gasteiger partial charge on any atom is -0.481 e. The minimum atomic E-state index is -0.675. The number of hydrogen-bond acceptors (Lipinski definition) is 5. The molecule has 0 fully saturated rings. The number of nitrogens with zero attached hydrogens (tertiary/aromatic N) is 3. The van der Waals surface area contributed by atoms with Crippen LogP contribution in [0.3, 0.4) is 0 Å². The molecule has 3 aromatic rings. The first-order valence-corrected chi connectivity index (χ1v) is 10.8. The van der Waals surface area contributed by atoms with Crippen molar-refractivity contribution in [2.45, 2.75) is 52.2 Å². The molecule has 1 amide bonds. The highest BCUT2D eigenvalue weighted by molar-refractivity contribution is 5.81. The maximum absolute atomic E-state index is 13.2. The second-order valence-corrected chi connectivity index (χ2v) is 8.91. The van der Waals surface area contributed by atoms with Crippen molar-refractivity contribution in [1.82, 2.24) is 20.3 Å². The van der Waals surface area contributed by atoms with Crippen LogP contribution in [-0.4, -0.2) is 27.0 Å². The van der Waals surface area contributed by atoms with Crippen molar-refractivity contribution in [3.05, 3.63) is 72.1 Å². The number of carbonyl (C=O) groups is 1. The molecule has 4 rings (SSSR count). The van der Waals surface area contributed by atoms with Gasteiger partial charge in [-0.15, -0.1) is 0 Å². The summed E-state index contributed by atoms with van der Waals surface area (Å²) < 4.78 is 19.0. The van der Waals surface area contributed by atoms with Gasteiger partial charge in [0.2, 0.25) is 0 Å². The molecule has 0 saturated heterocycles. The van der Waals surface area contributed by atoms with Gasteiger partial charge >= 0.3 is 0 Å². The molecule has 2 heterocycles. The lowest BCUT2D eigenvalue weighted by Gasteiger charge is -2.37. The van der Waals surface area contributed by atoms with Crippen LogP contribution in [0.2, 0.25) is 0 Å². The summed E-state index contributed by atoms with van der Waals surface area (Å²) in [4.78, 5) is 26.5. The molecular weight excluding hydrogens is 407 g/mol. The van der Waals surface area contributed by atoms with E-state index in [4.69, 9.17) is 9.72 Å². The van der Waals surface area contributed by atoms with Crippen LogP contribution in [0.5, 0.6) is 5.75 Å². The largest absolute Gasteiger partial charge is 0.481 e. The monoisotopic (exact) mass is 434 g/mol. The van der Waals surface area contributed by atoms with Crippen molar-refractivity contribution in [2.24, 2.45) is 5.41 Å². The van der Waals surface area contributed by atoms with Crippen molar-refractivity contribution in [3.8, 4) is 17.1 Å². The van der Waals surface area contributed by atoms with Gasteiger partial charge in [0, 0.05) is 29.7 Å². The number of pyridine rings is 1. The molecule has 0 radical (unpaired) electrons. The third-order valence-corrected chi connectivity index (χ3v) is 5.69. The number of aromatic nitrogens is 3. The van der Waals surface area contributed by atoms with E-state index in [1.165, 1.54) is 24.3 Å². The van der Waals surface area contributed by atoms with Gasteiger partial charge in [0.1, 0.15) is 11.6 Å². The molecule has 1 N–H and O–H groups in total. The summed E-state index contributed by atoms with van der Waals surface area (Å²) in [6.45, 7) is 6.24. The van der Waals surface area contributed by atoms with Crippen LogP contribution in [0, 0.1) is 11.2 Å². The average Bonchev–Trinajstić information content (AvgIpc) is 2.78. The SMILES string of the molecule is CC[C@@H](Oc1ccc(F)cc1)C(=O)N[C@@H]1CC(C)(C)Cc2nc(-c3ccncc3)ncc21. The molecule has 166 valence electrons. The van der Waals surface area contributed by atoms with Gasteiger partial charge in [0.25, 0.3) is 5.91 Å². The zero-order valence-electron chi connectivity index (χ0n) is 18.5. The van der Waals surface area contributed by atoms with Gasteiger partial charge in [-0.3, -0.25) is 9.78 Å². The fourth-order valence-corrected chi connectivity index (χ4v) is 4.08. The Balaban J connectivity index is 1.55. The van der Waals surface area contributed by atoms with E-state index in [1.807, 2.05) is 25.3 Å². The van der Waals surface area contributed by atoms with E-state index in [1.54, 1.807) is 12.4 Å². The number of carbonyl (C=O) groups excluding carboxylic acids is 1. The quantitative estimate of drug-likeness (QED) is 0.610. The van der Waals surface area contributed by atoms with Crippen LogP contribution >= 0.6 is 0 Å². The fourth-order valence-electron chi connectivity index (χ4n) is 4.08. The maximum Gasteiger partial charge on any atom is 0.261 e. The number of halogens is 1. The molecule has 0 saturated carbocycles. The summed E-state index contributed by atoms with van der Waals surface area (Å²) in [7, 11) is 0. The molecular formula is C25H27FN4O2. The zero-order valence-corrected chi connectivity index (χ0v) is 18.5. The number of hydrogen-bond donors (Lipinski definition) is 1. The highest BCUT2D eigenvalue weighted by Gasteiger charge is 2.35. The van der Waals surface area contributed by atoms with Gasteiger partial charge in [-0.05, 0) is 61.1 Å². The summed E-state index contributed by atoms with van der Waals surface area (Å²) >= 11 is 0. The predicted octanol–water partition coefficient (Wildman–Crippen LogP) is 4.67. The molecule has 1 aromatic carbocycles. The van der Waals surface area contributed by atoms with Crippen LogP contribution in [0.25, 0.3) is 11.4 Å². The molecule has 7 heteroatoms. The molecule has 0 aliphatic heterocycles. The summed E-state index contributed by atoms with van der Waals surface area (Å²) in [6.07, 6.45) is 6.65. The molecule has 2 atom stereocenters. The standard InChI is InChI=1S/C25H27FN4O2/c1-4-22(32-18-7-5-17(26)6-8-18)24(31)30-21-14-25(2,3)13-20-19(21)15-28-23(29-20)16-9-11-27-12-10-16/h5-12,15,21-22H,4,13-14H2,1-3H3,(H,30,31)/t21-,22-/m1/s1. The summed E-state index contributed by atoms with van der Waals surface area (Å²) in [6, 6.07) is 9.24. The normalized spacial score (nSPS) is 17.8. The second kappa shape index (κ2) is 9.02. The molecule has 0 bridgehead atoms. The van der Waals surface area contributed by atoms with E-state index in [-0.39, 0.29) is 23.2 Å². The van der Waals surface area contributed by atoms with Crippen molar-refractivity contribution >= 4 is 5.91 Å². The van der Waals surface area contributed by atoms with Gasteiger partial charge in [0.05, 0.1) is 11.7 Å². The number of amides is 1. The molecule has 2 aromatic heterocycles. The van der Waals surface area contributed by atoms with Crippen LogP contribution in [0.15, 0.2) is 55.0 Å². The molecule has 0 unspecified atom stereocenters. The number of nitrogens with one attached hydrogen (secondary N) is 1. The Morgan fingerprint density at radius 3 is 2.62 bits per heavy atom. The van der Waals surface area contributed by atoms with E-state index in [0.717, 1.165) is 29.7 Å². The Labute approximate surface area is 187 Å². The first kappa shape index (κ1) is 21.9. The van der Waals surface area contributed by atoms with Crippen LogP contribution in [-0.2, 0) is 11.2 Å². The molecule has 0 spiro atoms. The first-order chi connectivity index (χ1) is 15.3. The lowest BCUT2D eigenvalue weighted by atomic mass is 9.74. The van der Waals surface area contributed by atoms with Crippen LogP contribution < -0.4 is 10.1 Å². The van der Waals surface area contributed by atoms with Crippen molar-refractivity contribution in [1.29, 1.82) is 0 Å². The van der Waals surface area contributed by atoms with Gasteiger partial charge in [0.15, 0.2) is 11.9 Å². The summed E-state index contributed by atoms with van der Waals surface area (Å²) in [5, 5.41) is 3.14. The Morgan fingerprint density at radius 1 is 1.22 bits per heavy atom. The van der Waals surface area contributed by atoms with E-state index in [9.17, 15) is 9.18 Å². The maximum atomic E-state index is 13.2. The summed E-state index contributed by atoms with van der Waals surface area (Å²) in [5.41, 5.74) is 2.76. The third kappa shape index (κ3) is 4.93. The smallest absolute Gasteiger partial charge is 0.261 e. The Morgan fingerprint density at radius 2 is 1.94 bits per heavy atom. The van der Waals surface area contributed by atoms with E-state index >= 15 is 0 Å². The van der Waals surface area contributed by atoms with Gasteiger partial charge in [-0.25, -0.2) is 14.4 Å². The van der Waals surface area contributed by atoms with Gasteiger partial charge < -0.3 is 10.1 Å². The van der Waals surface area contributed by atoms with E-state index in [0.29, 0.717) is 18.0 Å². The highest BCUT2D eigenvalue weighted by atomic mass is 19.1. The number of fused-ring (bicyclic) bond motifs is 1. The van der Waals surface area contributed by atoms with Crippen LogP contribution in [0.1, 0.15) is 50.9 Å². The lowest BCUT2D eigenvalue weighted by molar-refractivity contribution is -0.129. The number of rotatable bonds is 6. The van der Waals surface area contributed by atoms with E-state index < -0.39 is 6.10 Å². The molecule has 6 nitrogen and oxygen atoms in total. The first-order valence-electron chi connectivity index (χ1n) is 10.8. The third-order valence-electron chi connectivity index (χ3n) is 5.69. The van der Waals surface area contributed by atoms with Crippen molar-refractivity contribution in [3.63, 3.8) is 0 Å². The molecule has 1 aliphatic carbocycles. The molecule has 32 heavy (non-hydrogen) atoms. The van der Waals surface area contributed by atoms with Crippen molar-refractivity contribution in [2.75, 3.05) is 0 Å². The second-order valence-electron chi connectivity index (χ2n) is 8.91. The van der Waals surface area contributed by atoms with Gasteiger partial charge in [-0.1, -0.05) is 20.8 Å². The fraction of sp³-hybridized carbons (Fsp3) is 0.360. The van der Waals surface area contributed by atoms with Crippen LogP contribution in [0.4, 0.5) is 4.39 Å². The highest BCUT2D eigenvalue weighted by Crippen LogP contribution is 2.40. The van der Waals surface area contributed by atoms with Crippen molar-refractivity contribution < 1.29 is 13.9 Å². The minimum absolute atomic E-state index is 0.0334. The summed E-state index contributed by atoms with van der Waals surface area (Å²) in [5.74, 6) is 0.564. The number of benzene rings is 1. The van der Waals surface area contributed by atoms with Gasteiger partial charge in [-0.2, -0.15) is 0 Å². The Bertz CT molecular complexity index is 1090. The molecule has 1 aliphatic rings. The Hall–Kier alpha value is -3.35.